The van der Waals surface area contributed by atoms with Crippen LogP contribution in [0.5, 0.6) is 0 Å². The van der Waals surface area contributed by atoms with E-state index in [9.17, 15) is 8.42 Å². The number of hydrogen-bond donors (Lipinski definition) is 2. The van der Waals surface area contributed by atoms with Crippen molar-refractivity contribution in [2.24, 2.45) is 5.73 Å². The van der Waals surface area contributed by atoms with Crippen molar-refractivity contribution in [1.29, 1.82) is 0 Å². The summed E-state index contributed by atoms with van der Waals surface area (Å²) in [6.45, 7) is 0. The van der Waals surface area contributed by atoms with Gasteiger partial charge in [0.2, 0.25) is 5.09 Å². The molecule has 2 rings (SSSR count). The normalized spacial score (nSPS) is 26.3. The number of furan rings is 1. The van der Waals surface area contributed by atoms with Crippen molar-refractivity contribution in [2.45, 2.75) is 30.0 Å². The van der Waals surface area contributed by atoms with E-state index in [0.717, 1.165) is 0 Å². The molecular formula is C8H11BrN2O3S. The standard InChI is InChI=1S/C8H11BrN2O3S/c9-7-1-2-8(14-7)15(12,13)11-6-3-5(10)4-6/h1-2,5-6,11H,3-4,10H2. The molecule has 1 saturated carbocycles. The minimum Gasteiger partial charge on any atom is -0.437 e. The second-order valence-electron chi connectivity index (χ2n) is 3.61. The molecule has 1 fully saturated rings. The minimum absolute atomic E-state index is 0.0612. The molecule has 15 heavy (non-hydrogen) atoms. The van der Waals surface area contributed by atoms with Crippen molar-refractivity contribution in [3.63, 3.8) is 0 Å². The van der Waals surface area contributed by atoms with Gasteiger partial charge in [0, 0.05) is 12.1 Å². The van der Waals surface area contributed by atoms with E-state index in [1.165, 1.54) is 6.07 Å². The number of halogens is 1. The SMILES string of the molecule is NC1CC(NS(=O)(=O)c2ccc(Br)o2)C1. The Labute approximate surface area is 96.2 Å². The highest BCUT2D eigenvalue weighted by molar-refractivity contribution is 9.10. The van der Waals surface area contributed by atoms with E-state index in [-0.39, 0.29) is 17.2 Å². The largest absolute Gasteiger partial charge is 0.437 e. The van der Waals surface area contributed by atoms with Gasteiger partial charge in [0.25, 0.3) is 10.0 Å². The van der Waals surface area contributed by atoms with Crippen LogP contribution in [0.25, 0.3) is 0 Å². The maximum atomic E-state index is 11.7. The van der Waals surface area contributed by atoms with E-state index in [2.05, 4.69) is 20.7 Å². The Morgan fingerprint density at radius 1 is 1.47 bits per heavy atom. The number of hydrogen-bond acceptors (Lipinski definition) is 4. The van der Waals surface area contributed by atoms with E-state index in [0.29, 0.717) is 17.5 Å². The van der Waals surface area contributed by atoms with Crippen molar-refractivity contribution < 1.29 is 12.8 Å². The molecule has 1 aliphatic carbocycles. The second kappa shape index (κ2) is 3.89. The summed E-state index contributed by atoms with van der Waals surface area (Å²) >= 11 is 3.05. The van der Waals surface area contributed by atoms with Crippen LogP contribution in [0.3, 0.4) is 0 Å². The fraction of sp³-hybridized carbons (Fsp3) is 0.500. The van der Waals surface area contributed by atoms with E-state index in [1.807, 2.05) is 0 Å². The molecule has 3 N–H and O–H groups in total. The Kier molecular flexibility index (Phi) is 2.89. The summed E-state index contributed by atoms with van der Waals surface area (Å²) in [6.07, 6.45) is 1.36. The first-order chi connectivity index (χ1) is 6.97. The van der Waals surface area contributed by atoms with Gasteiger partial charge in [-0.05, 0) is 40.9 Å². The van der Waals surface area contributed by atoms with Crippen molar-refractivity contribution in [3.05, 3.63) is 16.8 Å². The van der Waals surface area contributed by atoms with Gasteiger partial charge in [-0.3, -0.25) is 0 Å². The van der Waals surface area contributed by atoms with Gasteiger partial charge in [-0.25, -0.2) is 13.1 Å². The van der Waals surface area contributed by atoms with Crippen LogP contribution in [0.1, 0.15) is 12.8 Å². The molecule has 0 aromatic carbocycles. The summed E-state index contributed by atoms with van der Waals surface area (Å²) in [4.78, 5) is 0. The molecule has 1 aromatic rings. The Morgan fingerprint density at radius 3 is 2.60 bits per heavy atom. The Hall–Kier alpha value is -0.370. The van der Waals surface area contributed by atoms with Gasteiger partial charge < -0.3 is 10.2 Å². The van der Waals surface area contributed by atoms with Crippen LogP contribution in [-0.4, -0.2) is 20.5 Å². The first-order valence-electron chi connectivity index (χ1n) is 4.50. The molecule has 84 valence electrons. The predicted octanol–water partition coefficient (Wildman–Crippen LogP) is 0.810. The summed E-state index contributed by atoms with van der Waals surface area (Å²) in [7, 11) is -3.53. The first kappa shape index (κ1) is 11.1. The van der Waals surface area contributed by atoms with Crippen LogP contribution in [0.15, 0.2) is 26.3 Å². The highest BCUT2D eigenvalue weighted by atomic mass is 79.9. The Bertz CT molecular complexity index is 450. The van der Waals surface area contributed by atoms with Gasteiger partial charge in [0.1, 0.15) is 0 Å². The lowest BCUT2D eigenvalue weighted by Crippen LogP contribution is -2.50. The molecule has 1 aliphatic rings. The van der Waals surface area contributed by atoms with Gasteiger partial charge in [-0.15, -0.1) is 0 Å². The predicted molar refractivity (Wildman–Crippen MR) is 57.7 cm³/mol. The third-order valence-corrected chi connectivity index (χ3v) is 4.13. The monoisotopic (exact) mass is 294 g/mol. The minimum atomic E-state index is -3.53. The lowest BCUT2D eigenvalue weighted by molar-refractivity contribution is 0.323. The summed E-state index contributed by atoms with van der Waals surface area (Å²) in [5.74, 6) is 0. The van der Waals surface area contributed by atoms with Crippen molar-refractivity contribution >= 4 is 26.0 Å². The zero-order valence-electron chi connectivity index (χ0n) is 7.81. The number of nitrogens with one attached hydrogen (secondary N) is 1. The van der Waals surface area contributed by atoms with Crippen molar-refractivity contribution in [1.82, 2.24) is 4.72 Å². The average molecular weight is 295 g/mol. The topological polar surface area (TPSA) is 85.3 Å². The number of sulfonamides is 1. The average Bonchev–Trinajstić information content (AvgIpc) is 2.49. The van der Waals surface area contributed by atoms with E-state index >= 15 is 0 Å². The van der Waals surface area contributed by atoms with Gasteiger partial charge in [-0.1, -0.05) is 0 Å². The molecule has 5 nitrogen and oxygen atoms in total. The highest BCUT2D eigenvalue weighted by Gasteiger charge is 2.31. The molecule has 1 aromatic heterocycles. The van der Waals surface area contributed by atoms with E-state index in [1.54, 1.807) is 6.07 Å². The molecule has 0 aliphatic heterocycles. The molecule has 0 amide bonds. The molecule has 7 heteroatoms. The Balaban J connectivity index is 2.07. The van der Waals surface area contributed by atoms with E-state index < -0.39 is 10.0 Å². The molecular weight excluding hydrogens is 284 g/mol. The Morgan fingerprint density at radius 2 is 2.13 bits per heavy atom. The van der Waals surface area contributed by atoms with Crippen molar-refractivity contribution in [3.8, 4) is 0 Å². The summed E-state index contributed by atoms with van der Waals surface area (Å²) < 4.78 is 31.3. The van der Waals surface area contributed by atoms with Crippen molar-refractivity contribution in [2.75, 3.05) is 0 Å². The maximum absolute atomic E-state index is 11.7. The molecule has 0 atom stereocenters. The smallest absolute Gasteiger partial charge is 0.274 e. The molecule has 0 unspecified atom stereocenters. The fourth-order valence-electron chi connectivity index (χ4n) is 1.48. The zero-order valence-corrected chi connectivity index (χ0v) is 10.2. The van der Waals surface area contributed by atoms with Gasteiger partial charge in [0.15, 0.2) is 4.67 Å². The fourth-order valence-corrected chi connectivity index (χ4v) is 3.09. The molecule has 0 radical (unpaired) electrons. The number of rotatable bonds is 3. The second-order valence-corrected chi connectivity index (χ2v) is 6.03. The third-order valence-electron chi connectivity index (χ3n) is 2.31. The lowest BCUT2D eigenvalue weighted by atomic mass is 9.89. The van der Waals surface area contributed by atoms with Crippen LogP contribution >= 0.6 is 15.9 Å². The van der Waals surface area contributed by atoms with Crippen LogP contribution in [-0.2, 0) is 10.0 Å². The highest BCUT2D eigenvalue weighted by Crippen LogP contribution is 2.22. The summed E-state index contributed by atoms with van der Waals surface area (Å²) in [6, 6.07) is 3.00. The number of nitrogens with two attached hydrogens (primary N) is 1. The molecule has 0 spiro atoms. The van der Waals surface area contributed by atoms with Crippen LogP contribution in [0, 0.1) is 0 Å². The molecule has 0 bridgehead atoms. The quantitative estimate of drug-likeness (QED) is 0.864. The lowest BCUT2D eigenvalue weighted by Gasteiger charge is -2.32. The molecule has 0 saturated heterocycles. The van der Waals surface area contributed by atoms with Gasteiger partial charge in [0.05, 0.1) is 0 Å². The summed E-state index contributed by atoms with van der Waals surface area (Å²) in [5.41, 5.74) is 5.56. The van der Waals surface area contributed by atoms with Gasteiger partial charge >= 0.3 is 0 Å². The zero-order chi connectivity index (χ0) is 11.1. The van der Waals surface area contributed by atoms with Gasteiger partial charge in [-0.2, -0.15) is 0 Å². The molecule has 1 heterocycles. The van der Waals surface area contributed by atoms with Crippen LogP contribution < -0.4 is 10.5 Å². The van der Waals surface area contributed by atoms with E-state index in [4.69, 9.17) is 10.2 Å². The van der Waals surface area contributed by atoms with Crippen LogP contribution in [0.2, 0.25) is 0 Å². The van der Waals surface area contributed by atoms with Crippen LogP contribution in [0.4, 0.5) is 0 Å². The summed E-state index contributed by atoms with van der Waals surface area (Å²) in [5, 5.41) is -0.0742. The maximum Gasteiger partial charge on any atom is 0.274 e. The first-order valence-corrected chi connectivity index (χ1v) is 6.78. The third kappa shape index (κ3) is 2.41.